The Bertz CT molecular complexity index is 284. The molecule has 0 aromatic carbocycles. The van der Waals surface area contributed by atoms with E-state index in [1.807, 2.05) is 18.4 Å². The number of hydrogen-bond donors (Lipinski definition) is 0. The van der Waals surface area contributed by atoms with Crippen LogP contribution in [0.5, 0.6) is 0 Å². The van der Waals surface area contributed by atoms with Crippen molar-refractivity contribution < 1.29 is 4.79 Å². The molecular formula is C8H10BrNOS. The molecular weight excluding hydrogens is 238 g/mol. The maximum absolute atomic E-state index is 11.2. The number of nitrogens with zero attached hydrogens (tertiary/aromatic N) is 1. The van der Waals surface area contributed by atoms with E-state index in [-0.39, 0.29) is 5.91 Å². The van der Waals surface area contributed by atoms with Gasteiger partial charge in [-0.3, -0.25) is 4.79 Å². The quantitative estimate of drug-likeness (QED) is 0.736. The van der Waals surface area contributed by atoms with E-state index in [4.69, 9.17) is 0 Å². The summed E-state index contributed by atoms with van der Waals surface area (Å²) in [5.41, 5.74) is 1.00. The SMILES string of the molecule is Cc1sccc1N(C)C(=O)CBr. The fourth-order valence-electron chi connectivity index (χ4n) is 0.950. The van der Waals surface area contributed by atoms with Crippen molar-refractivity contribution in [2.75, 3.05) is 17.3 Å². The van der Waals surface area contributed by atoms with Crippen LogP contribution in [0.25, 0.3) is 0 Å². The summed E-state index contributed by atoms with van der Waals surface area (Å²) in [6.07, 6.45) is 0. The number of anilines is 1. The average Bonchev–Trinajstić information content (AvgIpc) is 2.48. The van der Waals surface area contributed by atoms with Crippen LogP contribution in [-0.2, 0) is 4.79 Å². The highest BCUT2D eigenvalue weighted by Crippen LogP contribution is 2.24. The molecule has 4 heteroatoms. The van der Waals surface area contributed by atoms with Gasteiger partial charge in [0.15, 0.2) is 0 Å². The summed E-state index contributed by atoms with van der Waals surface area (Å²) in [7, 11) is 1.79. The molecule has 1 aromatic rings. The first-order valence-corrected chi connectivity index (χ1v) is 5.53. The second kappa shape index (κ2) is 4.05. The Kier molecular flexibility index (Phi) is 3.29. The van der Waals surface area contributed by atoms with Gasteiger partial charge in [0.2, 0.25) is 5.91 Å². The summed E-state index contributed by atoms with van der Waals surface area (Å²) < 4.78 is 0. The maximum atomic E-state index is 11.2. The Balaban J connectivity index is 2.84. The number of halogens is 1. The third-order valence-corrected chi connectivity index (χ3v) is 3.00. The van der Waals surface area contributed by atoms with E-state index < -0.39 is 0 Å². The van der Waals surface area contributed by atoms with Crippen molar-refractivity contribution in [3.63, 3.8) is 0 Å². The number of aryl methyl sites for hydroxylation is 1. The lowest BCUT2D eigenvalue weighted by atomic mass is 10.4. The van der Waals surface area contributed by atoms with Gasteiger partial charge in [-0.2, -0.15) is 0 Å². The molecule has 0 aliphatic carbocycles. The molecule has 0 saturated carbocycles. The summed E-state index contributed by atoms with van der Waals surface area (Å²) in [4.78, 5) is 14.1. The molecule has 1 aromatic heterocycles. The Morgan fingerprint density at radius 1 is 1.75 bits per heavy atom. The first-order valence-electron chi connectivity index (χ1n) is 3.53. The van der Waals surface area contributed by atoms with Gasteiger partial charge in [0, 0.05) is 11.9 Å². The van der Waals surface area contributed by atoms with Crippen molar-refractivity contribution in [2.45, 2.75) is 6.92 Å². The first kappa shape index (κ1) is 9.74. The average molecular weight is 248 g/mol. The largest absolute Gasteiger partial charge is 0.314 e. The van der Waals surface area contributed by atoms with E-state index in [0.717, 1.165) is 5.69 Å². The first-order chi connectivity index (χ1) is 5.66. The molecule has 1 amide bonds. The lowest BCUT2D eigenvalue weighted by Gasteiger charge is -2.14. The van der Waals surface area contributed by atoms with Crippen molar-refractivity contribution in [1.29, 1.82) is 0 Å². The zero-order chi connectivity index (χ0) is 9.14. The molecule has 0 spiro atoms. The molecule has 0 bridgehead atoms. The summed E-state index contributed by atoms with van der Waals surface area (Å²) in [5, 5.41) is 2.36. The Morgan fingerprint density at radius 2 is 2.42 bits per heavy atom. The van der Waals surface area contributed by atoms with E-state index in [9.17, 15) is 4.79 Å². The maximum Gasteiger partial charge on any atom is 0.237 e. The highest BCUT2D eigenvalue weighted by atomic mass is 79.9. The van der Waals surface area contributed by atoms with Crippen LogP contribution < -0.4 is 4.90 Å². The normalized spacial score (nSPS) is 9.92. The number of carbonyl (C=O) groups is 1. The summed E-state index contributed by atoms with van der Waals surface area (Å²) in [6, 6.07) is 1.96. The number of hydrogen-bond acceptors (Lipinski definition) is 2. The van der Waals surface area contributed by atoms with Gasteiger partial charge in [0.1, 0.15) is 0 Å². The van der Waals surface area contributed by atoms with Crippen molar-refractivity contribution in [2.24, 2.45) is 0 Å². The molecule has 0 atom stereocenters. The molecule has 0 N–H and O–H groups in total. The molecule has 0 fully saturated rings. The van der Waals surface area contributed by atoms with Crippen molar-refractivity contribution in [3.8, 4) is 0 Å². The molecule has 12 heavy (non-hydrogen) atoms. The third-order valence-electron chi connectivity index (χ3n) is 1.68. The second-order valence-corrected chi connectivity index (χ2v) is 4.13. The number of amides is 1. The van der Waals surface area contributed by atoms with Crippen LogP contribution in [0, 0.1) is 6.92 Å². The Hall–Kier alpha value is -0.350. The molecule has 0 aliphatic rings. The standard InChI is InChI=1S/C8H10BrNOS/c1-6-7(3-4-12-6)10(2)8(11)5-9/h3-4H,5H2,1-2H3. The fourth-order valence-corrected chi connectivity index (χ4v) is 2.05. The topological polar surface area (TPSA) is 20.3 Å². The minimum absolute atomic E-state index is 0.0801. The zero-order valence-electron chi connectivity index (χ0n) is 7.00. The van der Waals surface area contributed by atoms with Crippen molar-refractivity contribution in [1.82, 2.24) is 0 Å². The van der Waals surface area contributed by atoms with E-state index in [0.29, 0.717) is 5.33 Å². The highest BCUT2D eigenvalue weighted by Gasteiger charge is 2.11. The highest BCUT2D eigenvalue weighted by molar-refractivity contribution is 9.09. The Labute approximate surface area is 84.3 Å². The summed E-state index contributed by atoms with van der Waals surface area (Å²) in [6.45, 7) is 2.01. The van der Waals surface area contributed by atoms with E-state index >= 15 is 0 Å². The molecule has 0 radical (unpaired) electrons. The van der Waals surface area contributed by atoms with Gasteiger partial charge in [-0.1, -0.05) is 15.9 Å². The summed E-state index contributed by atoms with van der Waals surface area (Å²) >= 11 is 4.79. The predicted molar refractivity (Wildman–Crippen MR) is 56.3 cm³/mol. The molecule has 1 heterocycles. The smallest absolute Gasteiger partial charge is 0.237 e. The van der Waals surface area contributed by atoms with Crippen molar-refractivity contribution in [3.05, 3.63) is 16.3 Å². The summed E-state index contributed by atoms with van der Waals surface area (Å²) in [5.74, 6) is 0.0801. The lowest BCUT2D eigenvalue weighted by molar-refractivity contribution is -0.115. The molecule has 0 unspecified atom stereocenters. The second-order valence-electron chi connectivity index (χ2n) is 2.45. The third kappa shape index (κ3) is 1.87. The fraction of sp³-hybridized carbons (Fsp3) is 0.375. The molecule has 0 saturated heterocycles. The Morgan fingerprint density at radius 3 is 2.83 bits per heavy atom. The minimum Gasteiger partial charge on any atom is -0.314 e. The number of thiophene rings is 1. The van der Waals surface area contributed by atoms with Gasteiger partial charge < -0.3 is 4.90 Å². The molecule has 1 rings (SSSR count). The van der Waals surface area contributed by atoms with Gasteiger partial charge in [0.25, 0.3) is 0 Å². The number of carbonyl (C=O) groups excluding carboxylic acids is 1. The van der Waals surface area contributed by atoms with E-state index in [2.05, 4.69) is 15.9 Å². The van der Waals surface area contributed by atoms with Crippen LogP contribution in [0.4, 0.5) is 5.69 Å². The lowest BCUT2D eigenvalue weighted by Crippen LogP contribution is -2.27. The monoisotopic (exact) mass is 247 g/mol. The van der Waals surface area contributed by atoms with Gasteiger partial charge in [-0.05, 0) is 18.4 Å². The molecule has 66 valence electrons. The molecule has 0 aliphatic heterocycles. The van der Waals surface area contributed by atoms with E-state index in [1.54, 1.807) is 23.3 Å². The minimum atomic E-state index is 0.0801. The van der Waals surface area contributed by atoms with Gasteiger partial charge >= 0.3 is 0 Å². The van der Waals surface area contributed by atoms with Crippen LogP contribution in [0.1, 0.15) is 4.88 Å². The predicted octanol–water partition coefficient (Wildman–Crippen LogP) is 2.41. The van der Waals surface area contributed by atoms with Crippen LogP contribution in [0.15, 0.2) is 11.4 Å². The van der Waals surface area contributed by atoms with Gasteiger partial charge in [-0.25, -0.2) is 0 Å². The van der Waals surface area contributed by atoms with Crippen LogP contribution >= 0.6 is 27.3 Å². The van der Waals surface area contributed by atoms with Crippen LogP contribution in [0.2, 0.25) is 0 Å². The van der Waals surface area contributed by atoms with E-state index in [1.165, 1.54) is 4.88 Å². The number of alkyl halides is 1. The zero-order valence-corrected chi connectivity index (χ0v) is 9.41. The molecule has 2 nitrogen and oxygen atoms in total. The van der Waals surface area contributed by atoms with Crippen LogP contribution in [-0.4, -0.2) is 18.3 Å². The van der Waals surface area contributed by atoms with Gasteiger partial charge in [0.05, 0.1) is 11.0 Å². The van der Waals surface area contributed by atoms with Gasteiger partial charge in [-0.15, -0.1) is 11.3 Å². The van der Waals surface area contributed by atoms with Crippen molar-refractivity contribution >= 4 is 38.9 Å². The van der Waals surface area contributed by atoms with Crippen LogP contribution in [0.3, 0.4) is 0 Å². The number of rotatable bonds is 2.